The average molecular weight is 478 g/mol. The number of nitrogens with zero attached hydrogens (tertiary/aromatic N) is 4. The highest BCUT2D eigenvalue weighted by atomic mass is 16.2. The number of carbonyl (C=O) groups excluding carboxylic acids is 2. The number of nitrogens with one attached hydrogen (secondary N) is 2. The third-order valence-electron chi connectivity index (χ3n) is 6.73. The zero-order valence-corrected chi connectivity index (χ0v) is 19.9. The van der Waals surface area contributed by atoms with E-state index in [1.165, 1.54) is 4.90 Å². The van der Waals surface area contributed by atoms with Gasteiger partial charge < -0.3 is 4.90 Å². The van der Waals surface area contributed by atoms with Gasteiger partial charge in [-0.2, -0.15) is 5.43 Å². The monoisotopic (exact) mass is 477 g/mol. The molecule has 0 bridgehead atoms. The van der Waals surface area contributed by atoms with Crippen LogP contribution in [-0.2, 0) is 0 Å². The second-order valence-corrected chi connectivity index (χ2v) is 9.12. The summed E-state index contributed by atoms with van der Waals surface area (Å²) >= 11 is 0. The molecule has 0 radical (unpaired) electrons. The van der Waals surface area contributed by atoms with E-state index in [-0.39, 0.29) is 22.6 Å². The number of benzene rings is 2. The number of carbonyl (C=O) groups is 2. The molecule has 1 saturated heterocycles. The Morgan fingerprint density at radius 1 is 1.03 bits per heavy atom. The molecule has 2 aromatic heterocycles. The number of hydrogen-bond acceptors (Lipinski definition) is 5. The molecule has 36 heavy (non-hydrogen) atoms. The third-order valence-corrected chi connectivity index (χ3v) is 6.73. The van der Waals surface area contributed by atoms with Crippen LogP contribution < -0.4 is 11.0 Å². The molecular formula is C28H25N6O2+. The summed E-state index contributed by atoms with van der Waals surface area (Å²) in [4.78, 5) is 33.1. The van der Waals surface area contributed by atoms with Gasteiger partial charge in [-0.25, -0.2) is 9.59 Å². The lowest BCUT2D eigenvalue weighted by Crippen LogP contribution is -2.53. The predicted octanol–water partition coefficient (Wildman–Crippen LogP) is 4.37. The molecule has 2 amide bonds. The van der Waals surface area contributed by atoms with Crippen molar-refractivity contribution in [3.8, 4) is 11.1 Å². The summed E-state index contributed by atoms with van der Waals surface area (Å²) < 4.78 is 1.36. The molecule has 4 aromatic rings. The van der Waals surface area contributed by atoms with Crippen LogP contribution in [0.25, 0.3) is 22.0 Å². The van der Waals surface area contributed by atoms with Crippen LogP contribution in [0.4, 0.5) is 4.79 Å². The molecule has 8 heteroatoms. The maximum absolute atomic E-state index is 14.2. The minimum atomic E-state index is -0.224. The zero-order chi connectivity index (χ0) is 24.9. The smallest absolute Gasteiger partial charge is 0.330 e. The molecule has 2 aliphatic rings. The van der Waals surface area contributed by atoms with Crippen LogP contribution in [0.15, 0.2) is 103 Å². The molecule has 6 rings (SSSR count). The number of hydrazine groups is 1. The molecule has 0 spiro atoms. The summed E-state index contributed by atoms with van der Waals surface area (Å²) in [5.74, 6) is -0.184. The van der Waals surface area contributed by atoms with Crippen molar-refractivity contribution in [3.63, 3.8) is 0 Å². The fourth-order valence-corrected chi connectivity index (χ4v) is 4.92. The largest absolute Gasteiger partial charge is 0.377 e. The summed E-state index contributed by atoms with van der Waals surface area (Å²) in [6.07, 6.45) is 10.8. The van der Waals surface area contributed by atoms with Gasteiger partial charge in [0, 0.05) is 44.1 Å². The van der Waals surface area contributed by atoms with Crippen molar-refractivity contribution in [3.05, 3.63) is 114 Å². The van der Waals surface area contributed by atoms with E-state index in [2.05, 4.69) is 15.9 Å². The van der Waals surface area contributed by atoms with E-state index in [9.17, 15) is 9.59 Å². The number of rotatable bonds is 3. The maximum atomic E-state index is 14.2. The number of allylic oxidation sites excluding steroid dienone is 2. The molecule has 2 unspecified atom stereocenters. The molecule has 178 valence electrons. The van der Waals surface area contributed by atoms with E-state index >= 15 is 0 Å². The summed E-state index contributed by atoms with van der Waals surface area (Å²) in [6, 6.07) is 19.3. The van der Waals surface area contributed by atoms with Crippen LogP contribution in [0.1, 0.15) is 22.0 Å². The van der Waals surface area contributed by atoms with Crippen molar-refractivity contribution >= 4 is 22.8 Å². The fourth-order valence-electron chi connectivity index (χ4n) is 4.92. The van der Waals surface area contributed by atoms with Crippen LogP contribution >= 0.6 is 0 Å². The quantitative estimate of drug-likeness (QED) is 0.429. The number of amides is 2. The number of pyridine rings is 1. The highest BCUT2D eigenvalue weighted by molar-refractivity contribution is 6.08. The van der Waals surface area contributed by atoms with Gasteiger partial charge in [0.25, 0.3) is 0 Å². The lowest BCUT2D eigenvalue weighted by Gasteiger charge is -2.23. The lowest BCUT2D eigenvalue weighted by atomic mass is 10.0. The minimum Gasteiger partial charge on any atom is -0.330 e. The van der Waals surface area contributed by atoms with Crippen LogP contribution in [0.2, 0.25) is 0 Å². The maximum Gasteiger partial charge on any atom is 0.377 e. The van der Waals surface area contributed by atoms with Crippen molar-refractivity contribution in [2.24, 2.45) is 0 Å². The first-order chi connectivity index (χ1) is 17.5. The van der Waals surface area contributed by atoms with Crippen molar-refractivity contribution in [1.82, 2.24) is 25.4 Å². The van der Waals surface area contributed by atoms with Gasteiger partial charge in [-0.05, 0) is 34.9 Å². The van der Waals surface area contributed by atoms with Gasteiger partial charge in [0.15, 0.2) is 5.70 Å². The van der Waals surface area contributed by atoms with Crippen molar-refractivity contribution in [2.75, 3.05) is 14.1 Å². The molecule has 0 aliphatic carbocycles. The van der Waals surface area contributed by atoms with E-state index in [4.69, 9.17) is 0 Å². The molecule has 4 heterocycles. The first-order valence-electron chi connectivity index (χ1n) is 11.7. The second-order valence-electron chi connectivity index (χ2n) is 9.12. The Labute approximate surface area is 208 Å². The Morgan fingerprint density at radius 2 is 1.86 bits per heavy atom. The molecule has 2 atom stereocenters. The van der Waals surface area contributed by atoms with Crippen LogP contribution in [0, 0.1) is 0 Å². The number of fused-ring (bicyclic) bond motifs is 2. The van der Waals surface area contributed by atoms with Crippen molar-refractivity contribution in [1.29, 1.82) is 0 Å². The molecule has 2 aliphatic heterocycles. The van der Waals surface area contributed by atoms with E-state index < -0.39 is 0 Å². The van der Waals surface area contributed by atoms with Gasteiger partial charge in [0.1, 0.15) is 17.8 Å². The Bertz CT molecular complexity index is 1560. The van der Waals surface area contributed by atoms with Crippen molar-refractivity contribution < 1.29 is 14.2 Å². The normalized spacial score (nSPS) is 20.4. The first-order valence-corrected chi connectivity index (χ1v) is 11.7. The summed E-state index contributed by atoms with van der Waals surface area (Å²) in [5.41, 5.74) is 11.4. The summed E-state index contributed by atoms with van der Waals surface area (Å²) in [5, 5.41) is 0.716. The van der Waals surface area contributed by atoms with Gasteiger partial charge in [-0.15, -0.1) is 4.59 Å². The first kappa shape index (κ1) is 22.1. The SMILES string of the molecule is CN(C)C(=O)n1cc(C(=O)[N+]23C=CC=C2C(c2cccnc2)NN3)c2ccc(-c3ccccc3)cc21. The summed E-state index contributed by atoms with van der Waals surface area (Å²) in [6.45, 7) is 0. The Morgan fingerprint density at radius 3 is 2.61 bits per heavy atom. The van der Waals surface area contributed by atoms with E-state index in [0.717, 1.165) is 22.4 Å². The summed E-state index contributed by atoms with van der Waals surface area (Å²) in [7, 11) is 3.40. The topological polar surface area (TPSA) is 79.3 Å². The van der Waals surface area contributed by atoms with Gasteiger partial charge in [0.05, 0.1) is 5.52 Å². The van der Waals surface area contributed by atoms with E-state index in [0.29, 0.717) is 16.5 Å². The number of aromatic nitrogens is 2. The Kier molecular flexibility index (Phi) is 5.15. The fraction of sp³-hybridized carbons (Fsp3) is 0.107. The van der Waals surface area contributed by atoms with E-state index in [1.54, 1.807) is 37.3 Å². The van der Waals surface area contributed by atoms with Gasteiger partial charge in [-0.1, -0.05) is 54.1 Å². The highest BCUT2D eigenvalue weighted by Gasteiger charge is 2.53. The lowest BCUT2D eigenvalue weighted by molar-refractivity contribution is -0.795. The van der Waals surface area contributed by atoms with Crippen LogP contribution in [0.3, 0.4) is 0 Å². The Hall–Kier alpha value is -4.37. The van der Waals surface area contributed by atoms with Gasteiger partial charge in [-0.3, -0.25) is 9.55 Å². The highest BCUT2D eigenvalue weighted by Crippen LogP contribution is 2.40. The molecule has 0 saturated carbocycles. The van der Waals surface area contributed by atoms with Crippen molar-refractivity contribution in [2.45, 2.75) is 6.04 Å². The van der Waals surface area contributed by atoms with Gasteiger partial charge in [0.2, 0.25) is 0 Å². The molecule has 2 aromatic carbocycles. The second kappa shape index (κ2) is 8.39. The number of quaternary nitrogens is 1. The van der Waals surface area contributed by atoms with Crippen LogP contribution in [0.5, 0.6) is 0 Å². The van der Waals surface area contributed by atoms with Gasteiger partial charge >= 0.3 is 11.9 Å². The number of hydrogen-bond donors (Lipinski definition) is 2. The van der Waals surface area contributed by atoms with E-state index in [1.807, 2.05) is 79.0 Å². The molecule has 2 N–H and O–H groups in total. The minimum absolute atomic E-state index is 0.184. The average Bonchev–Trinajstić information content (AvgIpc) is 3.61. The third kappa shape index (κ3) is 3.31. The predicted molar refractivity (Wildman–Crippen MR) is 137 cm³/mol. The zero-order valence-electron chi connectivity index (χ0n) is 19.9. The van der Waals surface area contributed by atoms with Crippen LogP contribution in [-0.4, -0.2) is 45.1 Å². The Balaban J connectivity index is 1.47. The molecule has 8 nitrogen and oxygen atoms in total. The molecular weight excluding hydrogens is 452 g/mol. The standard InChI is InChI=1S/C28H25N6O2/c1-32(2)28(36)33-18-23(22-13-12-20(16-24(22)33)19-8-4-3-5-9-19)27(35)34-15-7-11-25(34)26(30-31-34)21-10-6-14-29-17-21/h3-18,26,30-31H,1-2H3/q+1. The molecule has 1 fully saturated rings.